The number of carbonyl (C=O) groups excluding carboxylic acids is 12. The van der Waals surface area contributed by atoms with E-state index in [0.29, 0.717) is 62.4 Å². The van der Waals surface area contributed by atoms with E-state index in [1.165, 1.54) is 69.1 Å². The van der Waals surface area contributed by atoms with Gasteiger partial charge in [-0.25, -0.2) is 29.5 Å². The Morgan fingerprint density at radius 1 is 0.559 bits per heavy atom. The number of primary amides is 1. The number of nitriles is 1. The molecular weight excluding hydrogens is 1740 g/mol. The average Bonchev–Trinajstić information content (AvgIpc) is 0.771. The van der Waals surface area contributed by atoms with Gasteiger partial charge < -0.3 is 83.6 Å². The number of phenols is 2. The van der Waals surface area contributed by atoms with Gasteiger partial charge in [0.05, 0.1) is 65.2 Å². The zero-order valence-electron chi connectivity index (χ0n) is 81.0. The molecule has 33 nitrogen and oxygen atoms in total. The van der Waals surface area contributed by atoms with Crippen molar-refractivity contribution in [3.05, 3.63) is 182 Å². The number of ketones is 5. The molecule has 33 heteroatoms. The molecule has 0 fully saturated rings. The number of aromatic hydroxyl groups is 2. The number of phenolic OH excluding ortho intramolecular Hbond substituents is 2. The largest absolute Gasteiger partial charge is 0.507 e. The highest BCUT2D eigenvalue weighted by Crippen LogP contribution is 2.46. The molecule has 724 valence electrons. The highest BCUT2D eigenvalue weighted by Gasteiger charge is 2.41. The van der Waals surface area contributed by atoms with E-state index < -0.39 is 143 Å². The van der Waals surface area contributed by atoms with E-state index in [9.17, 15) is 68.2 Å². The number of carbonyl (C=O) groups is 12. The highest BCUT2D eigenvalue weighted by atomic mass is 16.6. The van der Waals surface area contributed by atoms with Gasteiger partial charge in [-0.05, 0) is 167 Å². The number of hydrogen-bond donors (Lipinski definition) is 10. The fourth-order valence-corrected chi connectivity index (χ4v) is 16.9. The summed E-state index contributed by atoms with van der Waals surface area (Å²) in [6.07, 6.45) is -2.88. The van der Waals surface area contributed by atoms with Crippen LogP contribution in [-0.4, -0.2) is 189 Å². The zero-order valence-corrected chi connectivity index (χ0v) is 81.0. The summed E-state index contributed by atoms with van der Waals surface area (Å²) < 4.78 is 22.4. The second-order valence-electron chi connectivity index (χ2n) is 38.0. The van der Waals surface area contributed by atoms with Crippen molar-refractivity contribution in [2.24, 2.45) is 46.6 Å². The first-order valence-corrected chi connectivity index (χ1v) is 45.5. The summed E-state index contributed by atoms with van der Waals surface area (Å²) >= 11 is 0. The number of amides is 6. The summed E-state index contributed by atoms with van der Waals surface area (Å²) in [7, 11) is 4.01. The third kappa shape index (κ3) is 26.9. The lowest BCUT2D eigenvalue weighted by molar-refractivity contribution is -0.146. The molecule has 136 heavy (non-hydrogen) atoms. The molecule has 8 bridgehead atoms. The molecule has 0 radical (unpaired) electrons. The number of aryl methyl sites for hydroxylation is 4. The molecule has 0 unspecified atom stereocenters. The van der Waals surface area contributed by atoms with E-state index >= 15 is 4.79 Å². The van der Waals surface area contributed by atoms with E-state index in [1.54, 1.807) is 84.9 Å². The van der Waals surface area contributed by atoms with E-state index in [2.05, 4.69) is 67.5 Å². The van der Waals surface area contributed by atoms with Crippen molar-refractivity contribution in [3.63, 3.8) is 0 Å². The zero-order chi connectivity index (χ0) is 100. The van der Waals surface area contributed by atoms with Crippen LogP contribution in [-0.2, 0) is 82.7 Å². The number of likely N-dealkylation sites (N-methyl/N-ethyl adjacent to an activating group) is 2. The summed E-state index contributed by atoms with van der Waals surface area (Å²) in [6.45, 7) is 28.2. The maximum absolute atomic E-state index is 15.1. The summed E-state index contributed by atoms with van der Waals surface area (Å²) in [4.78, 5) is 189. The molecule has 10 rings (SSSR count). The van der Waals surface area contributed by atoms with Crippen LogP contribution in [0, 0.1) is 62.7 Å². The lowest BCUT2D eigenvalue weighted by Gasteiger charge is -2.32. The van der Waals surface area contributed by atoms with Gasteiger partial charge in [0.2, 0.25) is 29.5 Å². The Kier molecular flexibility index (Phi) is 35.9. The quantitative estimate of drug-likeness (QED) is 0.00901. The van der Waals surface area contributed by atoms with Crippen molar-refractivity contribution in [1.82, 2.24) is 45.7 Å². The first kappa shape index (κ1) is 106. The summed E-state index contributed by atoms with van der Waals surface area (Å²) in [5.41, 5.74) is 37.2. The molecule has 6 aromatic carbocycles. The van der Waals surface area contributed by atoms with Gasteiger partial charge in [0.15, 0.2) is 40.6 Å². The Morgan fingerprint density at radius 3 is 1.38 bits per heavy atom. The molecule has 4 heterocycles. The minimum absolute atomic E-state index is 0.00266. The lowest BCUT2D eigenvalue weighted by atomic mass is 9.86. The van der Waals surface area contributed by atoms with Gasteiger partial charge in [0.25, 0.3) is 0 Å². The predicted octanol–water partition coefficient (Wildman–Crippen LogP) is 11.5. The standard InChI is InChI=1S/C52H67N7O10.C51H62N8O8/c1-28-22-41(61)44(34-25-37(45(62)38(54)26-34)36-23-31(12-17-42(36)68-21-19-53)24-39(49(65)67-11)58-47(28)63)59(10)48(64)33(18-20-55-50(66)69-52(7,8)9)27-40(60)43-29(2)56-46(57-30(43)3)32-13-15-35(16-14-32)51(4,5)6;1-28-21-42(62)46(59(7)50(66)33(16-18-53)26-41(61)45-29(2)56-48(57-30(45)3)32-11-13-36(14-12-32)51(4,5)6)34-24-35(27-44(55)63)47(64)38(25-34)37-22-31(10-15-43(37)67-20-19-54)23-39(58-49(28)65)40(60)9-8-17-52/h12-17,23,25-26,28,33,39,44,62H,18-22,24,27,53-54H2,1-11H3,(H,55,66)(H,58,63);10-15,22,24-25,28,33,39,46,64H,8-9,16,18-21,23,26-27,53-54H2,1-7H3,(H2,55,63)(H,58,65)/t28-,33-,39+,44+;28-,33-,39+,46+/m11/s1. The Labute approximate surface area is 793 Å². The minimum Gasteiger partial charge on any atom is -0.507 e. The number of anilines is 1. The molecule has 8 atom stereocenters. The molecule has 15 N–H and O–H groups in total. The molecule has 0 saturated heterocycles. The number of esters is 1. The van der Waals surface area contributed by atoms with Gasteiger partial charge in [-0.15, -0.1) is 0 Å². The summed E-state index contributed by atoms with van der Waals surface area (Å²) in [5, 5.41) is 40.8. The molecule has 6 amide bonds. The molecule has 0 spiro atoms. The number of hydrogen-bond acceptors (Lipinski definition) is 27. The van der Waals surface area contributed by atoms with Gasteiger partial charge in [-0.1, -0.05) is 116 Å². The molecule has 8 aromatic rings. The first-order valence-electron chi connectivity index (χ1n) is 45.5. The Balaban J connectivity index is 0.000000305. The lowest BCUT2D eigenvalue weighted by Crippen LogP contribution is -2.46. The number of alkyl carbamates (subject to hydrolysis) is 1. The van der Waals surface area contributed by atoms with Crippen LogP contribution in [0.15, 0.2) is 109 Å². The topological polar surface area (TPSA) is 530 Å². The maximum atomic E-state index is 15.1. The fourth-order valence-electron chi connectivity index (χ4n) is 16.9. The van der Waals surface area contributed by atoms with Crippen LogP contribution < -0.4 is 54.1 Å². The average molecular weight is 1870 g/mol. The number of Topliss-reactive ketones (excluding diaryl/α,β-unsaturated/α-hetero) is 5. The molecule has 2 aromatic heterocycles. The number of nitrogens with two attached hydrogens (primary N) is 5. The van der Waals surface area contributed by atoms with Crippen molar-refractivity contribution in [3.8, 4) is 74.1 Å². The van der Waals surface area contributed by atoms with Crippen LogP contribution in [0.25, 0.3) is 45.0 Å². The monoisotopic (exact) mass is 1860 g/mol. The Hall–Kier alpha value is -13.7. The Bertz CT molecular complexity index is 5820. The molecule has 2 aliphatic rings. The van der Waals surface area contributed by atoms with Crippen LogP contribution >= 0.6 is 0 Å². The van der Waals surface area contributed by atoms with Crippen molar-refractivity contribution in [1.29, 1.82) is 5.26 Å². The van der Waals surface area contributed by atoms with Crippen LogP contribution in [0.3, 0.4) is 0 Å². The minimum atomic E-state index is -1.44. The number of benzene rings is 6. The number of ether oxygens (including phenoxy) is 4. The number of nitrogens with zero attached hydrogens (tertiary/aromatic N) is 7. The van der Waals surface area contributed by atoms with Gasteiger partial charge in [-0.2, -0.15) is 5.26 Å². The van der Waals surface area contributed by atoms with Gasteiger partial charge in [-0.3, -0.25) is 47.9 Å². The number of methoxy groups -OCH3 is 1. The van der Waals surface area contributed by atoms with E-state index in [-0.39, 0.29) is 163 Å². The molecule has 0 saturated carbocycles. The van der Waals surface area contributed by atoms with Gasteiger partial charge in [0.1, 0.15) is 59.9 Å². The van der Waals surface area contributed by atoms with Crippen molar-refractivity contribution >= 4 is 76.2 Å². The number of fused-ring (bicyclic) bond motifs is 10. The van der Waals surface area contributed by atoms with E-state index in [0.717, 1.165) is 22.3 Å². The maximum Gasteiger partial charge on any atom is 0.407 e. The predicted molar refractivity (Wildman–Crippen MR) is 514 cm³/mol. The molecular formula is C103H129N15O18. The molecule has 2 aliphatic heterocycles. The third-order valence-electron chi connectivity index (χ3n) is 24.0. The van der Waals surface area contributed by atoms with Gasteiger partial charge in [0, 0.05) is 141 Å². The second-order valence-corrected chi connectivity index (χ2v) is 38.0. The normalized spacial score (nSPS) is 16.9. The number of aromatic nitrogens is 4. The summed E-state index contributed by atoms with van der Waals surface area (Å²) in [5.74, 6) is -9.84. The van der Waals surface area contributed by atoms with Crippen LogP contribution in [0.1, 0.15) is 222 Å². The second kappa shape index (κ2) is 46.0. The fraction of sp³-hybridized carbons (Fsp3) is 0.447. The third-order valence-corrected chi connectivity index (χ3v) is 24.0. The highest BCUT2D eigenvalue weighted by molar-refractivity contribution is 6.04. The van der Waals surface area contributed by atoms with Crippen molar-refractivity contribution in [2.75, 3.05) is 66.3 Å². The number of nitrogens with one attached hydrogen (secondary N) is 3. The van der Waals surface area contributed by atoms with Crippen molar-refractivity contribution in [2.45, 2.75) is 215 Å². The smallest absolute Gasteiger partial charge is 0.407 e. The summed E-state index contributed by atoms with van der Waals surface area (Å²) in [6, 6.07) is 28.5. The number of rotatable bonds is 29. The van der Waals surface area contributed by atoms with Crippen LogP contribution in [0.4, 0.5) is 10.5 Å². The Morgan fingerprint density at radius 2 is 0.978 bits per heavy atom. The first-order chi connectivity index (χ1) is 64.0. The van der Waals surface area contributed by atoms with E-state index in [4.69, 9.17) is 57.6 Å². The van der Waals surface area contributed by atoms with Crippen LogP contribution in [0.2, 0.25) is 0 Å². The van der Waals surface area contributed by atoms with Gasteiger partial charge >= 0.3 is 12.1 Å². The number of nitrogen functional groups attached to an aromatic ring is 1. The SMILES string of the molecule is COC(=O)[C@@H]1Cc2ccc(OCCN)c(c2)-c2cc(cc(N)c2O)[C@H](N(C)C(=O)[C@H](CCNC(=O)OC(C)(C)C)CC(=O)c2c(C)nc(-c3ccc(C(C)(C)C)cc3)nc2C)C(=O)C[C@@H](C)C(=O)N1.Cc1nc(-c2ccc(C(C)(C)C)cc2)nc(C)c1C(=O)C[C@@H](CCN)C(=O)N(C)[C@@H]1C(=O)C[C@@H](C)C(=O)N[C@H](C(=O)CCC#N)Cc2ccc(OCCN)c(c2)-c2cc1cc(CC(N)=O)c2O. The van der Waals surface area contributed by atoms with Crippen LogP contribution in [0.5, 0.6) is 23.0 Å². The molecule has 0 aliphatic carbocycles. The van der Waals surface area contributed by atoms with E-state index in [1.807, 2.05) is 54.6 Å². The van der Waals surface area contributed by atoms with Crippen molar-refractivity contribution < 1.29 is 86.7 Å².